The number of thiocarbonyl (C=S) groups is 1. The summed E-state index contributed by atoms with van der Waals surface area (Å²) >= 11 is 10.9. The zero-order chi connectivity index (χ0) is 12.0. The number of halogens is 1. The quantitative estimate of drug-likeness (QED) is 0.640. The van der Waals surface area contributed by atoms with E-state index in [-0.39, 0.29) is 0 Å². The smallest absolute Gasteiger partial charge is 0.172 e. The molecule has 1 aromatic heterocycles. The average molecular weight is 260 g/mol. The van der Waals surface area contributed by atoms with Crippen LogP contribution in [0.2, 0.25) is 5.02 Å². The van der Waals surface area contributed by atoms with Gasteiger partial charge in [0.05, 0.1) is 17.3 Å². The molecule has 0 aliphatic rings. The topological polar surface area (TPSA) is 46.2 Å². The molecule has 1 aromatic rings. The molecule has 0 bridgehead atoms. The van der Waals surface area contributed by atoms with E-state index in [4.69, 9.17) is 28.6 Å². The summed E-state index contributed by atoms with van der Waals surface area (Å²) < 4.78 is 4.89. The molecule has 0 unspecified atom stereocenters. The molecular weight excluding hydrogens is 246 g/mol. The van der Waals surface area contributed by atoms with E-state index >= 15 is 0 Å². The zero-order valence-corrected chi connectivity index (χ0v) is 10.8. The van der Waals surface area contributed by atoms with E-state index in [0.29, 0.717) is 29.1 Å². The molecule has 4 nitrogen and oxygen atoms in total. The van der Waals surface area contributed by atoms with Gasteiger partial charge in [-0.05, 0) is 31.3 Å². The van der Waals surface area contributed by atoms with Crippen molar-refractivity contribution in [3.05, 3.63) is 22.8 Å². The Hall–Kier alpha value is -0.910. The van der Waals surface area contributed by atoms with Crippen LogP contribution in [0.5, 0.6) is 0 Å². The maximum Gasteiger partial charge on any atom is 0.172 e. The van der Waals surface area contributed by atoms with Gasteiger partial charge in [-0.3, -0.25) is 0 Å². The van der Waals surface area contributed by atoms with Gasteiger partial charge in [0, 0.05) is 13.7 Å². The fourth-order valence-corrected chi connectivity index (χ4v) is 1.35. The summed E-state index contributed by atoms with van der Waals surface area (Å²) in [5.41, 5.74) is 0.770. The molecule has 0 atom stereocenters. The van der Waals surface area contributed by atoms with E-state index in [9.17, 15) is 0 Å². The molecule has 0 aromatic carbocycles. The SMILES string of the molecule is COCCNC(=S)Nc1ccc(Cl)c(C)n1. The molecule has 0 saturated carbocycles. The first-order valence-corrected chi connectivity index (χ1v) is 5.59. The first-order chi connectivity index (χ1) is 7.63. The summed E-state index contributed by atoms with van der Waals surface area (Å²) in [5.74, 6) is 0.678. The van der Waals surface area contributed by atoms with E-state index in [1.165, 1.54) is 0 Å². The van der Waals surface area contributed by atoms with Crippen LogP contribution in [0, 0.1) is 6.92 Å². The molecule has 6 heteroatoms. The van der Waals surface area contributed by atoms with Crippen LogP contribution in [-0.4, -0.2) is 30.4 Å². The monoisotopic (exact) mass is 259 g/mol. The van der Waals surface area contributed by atoms with Crippen molar-refractivity contribution in [1.82, 2.24) is 10.3 Å². The van der Waals surface area contributed by atoms with Gasteiger partial charge in [-0.25, -0.2) is 4.98 Å². The number of hydrogen-bond acceptors (Lipinski definition) is 3. The Morgan fingerprint density at radius 3 is 2.94 bits per heavy atom. The Kier molecular flexibility index (Phi) is 5.45. The third-order valence-corrected chi connectivity index (χ3v) is 2.50. The van der Waals surface area contributed by atoms with Crippen LogP contribution >= 0.6 is 23.8 Å². The highest BCUT2D eigenvalue weighted by Gasteiger charge is 2.01. The average Bonchev–Trinajstić information content (AvgIpc) is 2.24. The number of pyridine rings is 1. The second-order valence-corrected chi connectivity index (χ2v) is 3.95. The number of aromatic nitrogens is 1. The van der Waals surface area contributed by atoms with Crippen molar-refractivity contribution >= 4 is 34.7 Å². The number of rotatable bonds is 4. The standard InChI is InChI=1S/C10H14ClN3OS/c1-7-8(11)3-4-9(13-7)14-10(16)12-5-6-15-2/h3-4H,5-6H2,1-2H3,(H2,12,13,14,16). The van der Waals surface area contributed by atoms with Crippen molar-refractivity contribution in [2.24, 2.45) is 0 Å². The summed E-state index contributed by atoms with van der Waals surface area (Å²) in [7, 11) is 1.64. The molecule has 2 N–H and O–H groups in total. The second kappa shape index (κ2) is 6.62. The molecule has 16 heavy (non-hydrogen) atoms. The van der Waals surface area contributed by atoms with Crippen LogP contribution in [0.25, 0.3) is 0 Å². The molecule has 0 radical (unpaired) electrons. The third kappa shape index (κ3) is 4.30. The summed E-state index contributed by atoms with van der Waals surface area (Å²) in [6.07, 6.45) is 0. The number of methoxy groups -OCH3 is 1. The van der Waals surface area contributed by atoms with Crippen molar-refractivity contribution in [3.8, 4) is 0 Å². The predicted octanol–water partition coefficient (Wildman–Crippen LogP) is 1.98. The lowest BCUT2D eigenvalue weighted by Crippen LogP contribution is -2.31. The van der Waals surface area contributed by atoms with E-state index in [1.807, 2.05) is 6.92 Å². The molecule has 0 saturated heterocycles. The highest BCUT2D eigenvalue weighted by Crippen LogP contribution is 2.15. The Labute approximate surface area is 105 Å². The van der Waals surface area contributed by atoms with Gasteiger partial charge >= 0.3 is 0 Å². The minimum absolute atomic E-state index is 0.520. The number of aryl methyl sites for hydroxylation is 1. The Morgan fingerprint density at radius 1 is 1.56 bits per heavy atom. The van der Waals surface area contributed by atoms with Gasteiger partial charge in [0.1, 0.15) is 5.82 Å². The number of ether oxygens (including phenoxy) is 1. The van der Waals surface area contributed by atoms with Gasteiger partial charge in [-0.2, -0.15) is 0 Å². The molecule has 1 heterocycles. The van der Waals surface area contributed by atoms with Crippen LogP contribution in [-0.2, 0) is 4.74 Å². The Balaban J connectivity index is 2.46. The van der Waals surface area contributed by atoms with E-state index in [2.05, 4.69) is 15.6 Å². The van der Waals surface area contributed by atoms with Crippen LogP contribution in [0.3, 0.4) is 0 Å². The number of hydrogen-bond donors (Lipinski definition) is 2. The summed E-state index contributed by atoms with van der Waals surface area (Å²) in [5, 5.41) is 7.11. The van der Waals surface area contributed by atoms with E-state index in [1.54, 1.807) is 19.2 Å². The van der Waals surface area contributed by atoms with Crippen molar-refractivity contribution < 1.29 is 4.74 Å². The van der Waals surface area contributed by atoms with Gasteiger partial charge < -0.3 is 15.4 Å². The van der Waals surface area contributed by atoms with Crippen molar-refractivity contribution in [1.29, 1.82) is 0 Å². The lowest BCUT2D eigenvalue weighted by atomic mass is 10.4. The van der Waals surface area contributed by atoms with Gasteiger partial charge in [0.15, 0.2) is 5.11 Å². The molecular formula is C10H14ClN3OS. The van der Waals surface area contributed by atoms with Crippen molar-refractivity contribution in [3.63, 3.8) is 0 Å². The largest absolute Gasteiger partial charge is 0.383 e. The summed E-state index contributed by atoms with van der Waals surface area (Å²) in [6, 6.07) is 3.56. The second-order valence-electron chi connectivity index (χ2n) is 3.14. The minimum Gasteiger partial charge on any atom is -0.383 e. The molecule has 0 spiro atoms. The highest BCUT2D eigenvalue weighted by molar-refractivity contribution is 7.80. The fraction of sp³-hybridized carbons (Fsp3) is 0.400. The maximum atomic E-state index is 5.86. The molecule has 88 valence electrons. The summed E-state index contributed by atoms with van der Waals surface area (Å²) in [6.45, 7) is 3.11. The minimum atomic E-state index is 0.520. The maximum absolute atomic E-state index is 5.86. The van der Waals surface area contributed by atoms with Crippen LogP contribution < -0.4 is 10.6 Å². The van der Waals surface area contributed by atoms with E-state index in [0.717, 1.165) is 5.69 Å². The number of nitrogens with one attached hydrogen (secondary N) is 2. The predicted molar refractivity (Wildman–Crippen MR) is 70.1 cm³/mol. The molecule has 0 fully saturated rings. The first-order valence-electron chi connectivity index (χ1n) is 4.80. The summed E-state index contributed by atoms with van der Waals surface area (Å²) in [4.78, 5) is 4.24. The van der Waals surface area contributed by atoms with Crippen molar-refractivity contribution in [2.75, 3.05) is 25.6 Å². The van der Waals surface area contributed by atoms with Gasteiger partial charge in [0.2, 0.25) is 0 Å². The fourth-order valence-electron chi connectivity index (χ4n) is 1.04. The molecule has 0 aliphatic heterocycles. The van der Waals surface area contributed by atoms with Crippen LogP contribution in [0.1, 0.15) is 5.69 Å². The van der Waals surface area contributed by atoms with Gasteiger partial charge in [0.25, 0.3) is 0 Å². The van der Waals surface area contributed by atoms with Crippen LogP contribution in [0.4, 0.5) is 5.82 Å². The molecule has 0 aliphatic carbocycles. The highest BCUT2D eigenvalue weighted by atomic mass is 35.5. The number of nitrogens with zero attached hydrogens (tertiary/aromatic N) is 1. The Morgan fingerprint density at radius 2 is 2.31 bits per heavy atom. The van der Waals surface area contributed by atoms with Crippen molar-refractivity contribution in [2.45, 2.75) is 6.92 Å². The van der Waals surface area contributed by atoms with Crippen LogP contribution in [0.15, 0.2) is 12.1 Å². The number of anilines is 1. The Bertz CT molecular complexity index is 373. The first kappa shape index (κ1) is 13.2. The molecule has 1 rings (SSSR count). The van der Waals surface area contributed by atoms with Gasteiger partial charge in [-0.1, -0.05) is 11.6 Å². The molecule has 0 amide bonds. The van der Waals surface area contributed by atoms with E-state index < -0.39 is 0 Å². The normalized spacial score (nSPS) is 9.94. The van der Waals surface area contributed by atoms with Gasteiger partial charge in [-0.15, -0.1) is 0 Å². The third-order valence-electron chi connectivity index (χ3n) is 1.85. The zero-order valence-electron chi connectivity index (χ0n) is 9.21. The lowest BCUT2D eigenvalue weighted by Gasteiger charge is -2.10. The lowest BCUT2D eigenvalue weighted by molar-refractivity contribution is 0.204.